The Labute approximate surface area is 174 Å². The van der Waals surface area contributed by atoms with Crippen molar-refractivity contribution in [1.82, 2.24) is 0 Å². The summed E-state index contributed by atoms with van der Waals surface area (Å²) < 4.78 is 34.3. The lowest BCUT2D eigenvalue weighted by Crippen LogP contribution is -2.48. The number of ether oxygens (including phenoxy) is 6. The molecule has 1 aromatic rings. The molecule has 3 rings (SSSR count). The molecule has 0 N–H and O–H groups in total. The van der Waals surface area contributed by atoms with Crippen molar-refractivity contribution in [1.29, 1.82) is 0 Å². The number of hydrogen-bond donors (Lipinski definition) is 0. The van der Waals surface area contributed by atoms with E-state index in [-0.39, 0.29) is 18.9 Å². The van der Waals surface area contributed by atoms with Crippen LogP contribution in [0.5, 0.6) is 0 Å². The highest BCUT2D eigenvalue weighted by Crippen LogP contribution is 2.37. The second-order valence-corrected chi connectivity index (χ2v) is 8.11. The van der Waals surface area contributed by atoms with E-state index in [1.54, 1.807) is 39.8 Å². The van der Waals surface area contributed by atoms with Crippen LogP contribution in [0.1, 0.15) is 33.3 Å². The molecule has 0 spiro atoms. The van der Waals surface area contributed by atoms with Crippen LogP contribution in [0.2, 0.25) is 0 Å². The number of nitro benzene ring substituents is 1. The van der Waals surface area contributed by atoms with Gasteiger partial charge in [-0.1, -0.05) is 0 Å². The third kappa shape index (κ3) is 5.13. The van der Waals surface area contributed by atoms with Gasteiger partial charge in [-0.3, -0.25) is 10.1 Å². The summed E-state index contributed by atoms with van der Waals surface area (Å²) in [6.45, 7) is 7.39. The Kier molecular flexibility index (Phi) is 6.44. The number of non-ortho nitro benzene ring substituents is 1. The molecule has 0 radical (unpaired) electrons. The Balaban J connectivity index is 1.77. The van der Waals surface area contributed by atoms with Gasteiger partial charge in [-0.2, -0.15) is 0 Å². The summed E-state index contributed by atoms with van der Waals surface area (Å²) >= 11 is 0. The van der Waals surface area contributed by atoms with Crippen LogP contribution in [0.15, 0.2) is 24.3 Å². The van der Waals surface area contributed by atoms with Gasteiger partial charge in [-0.25, -0.2) is 4.79 Å². The summed E-state index contributed by atoms with van der Waals surface area (Å²) in [6.07, 6.45) is -2.97. The van der Waals surface area contributed by atoms with Crippen molar-refractivity contribution < 1.29 is 38.1 Å². The van der Waals surface area contributed by atoms with Gasteiger partial charge >= 0.3 is 5.97 Å². The summed E-state index contributed by atoms with van der Waals surface area (Å²) in [6, 6.07) is 5.88. The molecule has 0 bridgehead atoms. The van der Waals surface area contributed by atoms with Crippen molar-refractivity contribution in [3.05, 3.63) is 39.9 Å². The molecule has 0 unspecified atom stereocenters. The third-order valence-electron chi connectivity index (χ3n) is 4.87. The van der Waals surface area contributed by atoms with Crippen LogP contribution in [0.25, 0.3) is 0 Å². The largest absolute Gasteiger partial charge is 0.467 e. The zero-order valence-electron chi connectivity index (χ0n) is 17.7. The number of methoxy groups -OCH3 is 1. The Morgan fingerprint density at radius 2 is 1.83 bits per heavy atom. The predicted octanol–water partition coefficient (Wildman–Crippen LogP) is 2.32. The molecular weight excluding hydrogens is 398 g/mol. The lowest BCUT2D eigenvalue weighted by molar-refractivity contribution is -0.384. The number of carbonyl (C=O) groups is 1. The molecule has 0 aromatic heterocycles. The second-order valence-electron chi connectivity index (χ2n) is 8.11. The van der Waals surface area contributed by atoms with Crippen molar-refractivity contribution in [2.24, 2.45) is 0 Å². The number of benzene rings is 1. The van der Waals surface area contributed by atoms with Crippen LogP contribution in [0.3, 0.4) is 0 Å². The van der Waals surface area contributed by atoms with Gasteiger partial charge < -0.3 is 28.4 Å². The zero-order valence-corrected chi connectivity index (χ0v) is 17.7. The molecule has 2 aliphatic heterocycles. The van der Waals surface area contributed by atoms with E-state index in [4.69, 9.17) is 28.4 Å². The highest BCUT2D eigenvalue weighted by atomic mass is 16.8. The Hall–Kier alpha value is -2.11. The van der Waals surface area contributed by atoms with Crippen LogP contribution in [0, 0.1) is 10.1 Å². The molecule has 166 valence electrons. The Morgan fingerprint density at radius 3 is 2.37 bits per heavy atom. The van der Waals surface area contributed by atoms with E-state index >= 15 is 0 Å². The summed E-state index contributed by atoms with van der Waals surface area (Å²) in [5.41, 5.74) is 0.629. The molecule has 30 heavy (non-hydrogen) atoms. The average Bonchev–Trinajstić information content (AvgIpc) is 3.20. The molecule has 1 aromatic carbocycles. The predicted molar refractivity (Wildman–Crippen MR) is 102 cm³/mol. The van der Waals surface area contributed by atoms with E-state index in [2.05, 4.69) is 0 Å². The average molecular weight is 425 g/mol. The van der Waals surface area contributed by atoms with Crippen LogP contribution in [-0.4, -0.2) is 60.6 Å². The second kappa shape index (κ2) is 8.56. The quantitative estimate of drug-likeness (QED) is 0.369. The number of hydrogen-bond acceptors (Lipinski definition) is 9. The first-order valence-corrected chi connectivity index (χ1v) is 9.61. The van der Waals surface area contributed by atoms with Crippen molar-refractivity contribution in [2.75, 3.05) is 13.7 Å². The van der Waals surface area contributed by atoms with E-state index in [9.17, 15) is 14.9 Å². The first-order valence-electron chi connectivity index (χ1n) is 9.61. The van der Waals surface area contributed by atoms with Gasteiger partial charge in [-0.15, -0.1) is 0 Å². The van der Waals surface area contributed by atoms with Gasteiger partial charge in [0, 0.05) is 12.1 Å². The van der Waals surface area contributed by atoms with Gasteiger partial charge in [0.05, 0.1) is 25.2 Å². The lowest BCUT2D eigenvalue weighted by Gasteiger charge is -2.27. The number of nitrogens with zero attached hydrogens (tertiary/aromatic N) is 1. The van der Waals surface area contributed by atoms with Crippen molar-refractivity contribution in [3.8, 4) is 0 Å². The summed E-state index contributed by atoms with van der Waals surface area (Å²) in [4.78, 5) is 22.8. The molecule has 2 aliphatic rings. The molecule has 0 aliphatic carbocycles. The van der Waals surface area contributed by atoms with Crippen molar-refractivity contribution in [2.45, 2.75) is 70.3 Å². The van der Waals surface area contributed by atoms with E-state index in [0.717, 1.165) is 0 Å². The number of rotatable bonds is 7. The minimum atomic E-state index is -1.09. The highest BCUT2D eigenvalue weighted by Gasteiger charge is 2.54. The minimum Gasteiger partial charge on any atom is -0.467 e. The number of nitro groups is 1. The molecule has 2 saturated heterocycles. The van der Waals surface area contributed by atoms with Crippen LogP contribution in [-0.2, 0) is 39.8 Å². The molecule has 0 amide bonds. The fraction of sp³-hybridized carbons (Fsp3) is 0.650. The smallest absolute Gasteiger partial charge is 0.337 e. The van der Waals surface area contributed by atoms with Gasteiger partial charge in [-0.05, 0) is 45.4 Å². The maximum atomic E-state index is 12.5. The maximum absolute atomic E-state index is 12.5. The van der Waals surface area contributed by atoms with Crippen molar-refractivity contribution in [3.63, 3.8) is 0 Å². The Morgan fingerprint density at radius 1 is 1.17 bits per heavy atom. The maximum Gasteiger partial charge on any atom is 0.337 e. The molecule has 2 heterocycles. The standard InChI is InChI=1S/C20H27NO9/c1-19(2)27-11-14(28-19)15-16(30-20(3,4)29-15)17(18(22)25-5)26-10-12-6-8-13(9-7-12)21(23)24/h6-9,14-17H,10-11H2,1-5H3/t14-,15-,16+,17-/m1/s1. The molecule has 10 heteroatoms. The lowest BCUT2D eigenvalue weighted by atomic mass is 10.0. The highest BCUT2D eigenvalue weighted by molar-refractivity contribution is 5.75. The van der Waals surface area contributed by atoms with Crippen LogP contribution >= 0.6 is 0 Å². The van der Waals surface area contributed by atoms with Crippen LogP contribution < -0.4 is 0 Å². The Bertz CT molecular complexity index is 777. The number of esters is 1. The van der Waals surface area contributed by atoms with E-state index in [0.29, 0.717) is 5.56 Å². The summed E-state index contributed by atoms with van der Waals surface area (Å²) in [7, 11) is 1.26. The molecule has 10 nitrogen and oxygen atoms in total. The van der Waals surface area contributed by atoms with Gasteiger partial charge in [0.25, 0.3) is 5.69 Å². The first-order chi connectivity index (χ1) is 14.0. The van der Waals surface area contributed by atoms with Crippen molar-refractivity contribution >= 4 is 11.7 Å². The normalized spacial score (nSPS) is 28.2. The summed E-state index contributed by atoms with van der Waals surface area (Å²) in [5, 5.41) is 10.8. The molecular formula is C20H27NO9. The third-order valence-corrected chi connectivity index (χ3v) is 4.87. The van der Waals surface area contributed by atoms with Gasteiger partial charge in [0.15, 0.2) is 17.7 Å². The number of carbonyl (C=O) groups excluding carboxylic acids is 1. The van der Waals surface area contributed by atoms with Crippen LogP contribution in [0.4, 0.5) is 5.69 Å². The van der Waals surface area contributed by atoms with E-state index in [1.165, 1.54) is 19.2 Å². The van der Waals surface area contributed by atoms with Gasteiger partial charge in [0.2, 0.25) is 0 Å². The fourth-order valence-corrected chi connectivity index (χ4v) is 3.53. The van der Waals surface area contributed by atoms with E-state index < -0.39 is 46.9 Å². The van der Waals surface area contributed by atoms with Gasteiger partial charge in [0.1, 0.15) is 18.3 Å². The van der Waals surface area contributed by atoms with E-state index in [1.807, 2.05) is 0 Å². The summed E-state index contributed by atoms with van der Waals surface area (Å²) in [5.74, 6) is -2.36. The topological polar surface area (TPSA) is 116 Å². The molecule has 0 saturated carbocycles. The monoisotopic (exact) mass is 425 g/mol. The SMILES string of the molecule is COC(=O)[C@H](OCc1ccc([N+](=O)[O-])cc1)[C@H]1OC(C)(C)O[C@@H]1[C@H]1COC(C)(C)O1. The molecule has 2 fully saturated rings. The molecule has 4 atom stereocenters. The first kappa shape index (κ1) is 22.6. The minimum absolute atomic E-state index is 0.0261. The fourth-order valence-electron chi connectivity index (χ4n) is 3.53. The zero-order chi connectivity index (χ0) is 22.1.